The third-order valence-electron chi connectivity index (χ3n) is 4.30. The van der Waals surface area contributed by atoms with E-state index in [-0.39, 0.29) is 17.9 Å². The number of benzene rings is 1. The lowest BCUT2D eigenvalue weighted by molar-refractivity contribution is 0.0942. The van der Waals surface area contributed by atoms with Crippen molar-refractivity contribution in [2.75, 3.05) is 0 Å². The Hall–Kier alpha value is -3.52. The van der Waals surface area contributed by atoms with Crippen LogP contribution in [0, 0.1) is 12.7 Å². The first-order valence-electron chi connectivity index (χ1n) is 8.69. The van der Waals surface area contributed by atoms with Crippen LogP contribution in [-0.2, 0) is 6.54 Å². The summed E-state index contributed by atoms with van der Waals surface area (Å²) in [5.41, 5.74) is 0.946. The molecule has 0 atom stereocenters. The number of aryl methyl sites for hydroxylation is 1. The van der Waals surface area contributed by atoms with E-state index in [9.17, 15) is 14.0 Å². The van der Waals surface area contributed by atoms with Crippen LogP contribution < -0.4 is 10.7 Å². The van der Waals surface area contributed by atoms with Gasteiger partial charge in [-0.3, -0.25) is 9.59 Å². The number of pyridine rings is 1. The fraction of sp³-hybridized carbons (Fsp3) is 0.100. The molecule has 0 radical (unpaired) electrons. The molecule has 4 rings (SSSR count). The third-order valence-corrected chi connectivity index (χ3v) is 4.52. The van der Waals surface area contributed by atoms with Crippen LogP contribution in [0.5, 0.6) is 0 Å². The van der Waals surface area contributed by atoms with Crippen LogP contribution in [0.25, 0.3) is 11.3 Å². The van der Waals surface area contributed by atoms with Crippen LogP contribution in [0.3, 0.4) is 0 Å². The Labute approximate surface area is 169 Å². The Morgan fingerprint density at radius 1 is 1.21 bits per heavy atom. The summed E-state index contributed by atoms with van der Waals surface area (Å²) in [6.07, 6.45) is 3.42. The number of para-hydroxylation sites is 1. The lowest BCUT2D eigenvalue weighted by Crippen LogP contribution is -2.31. The van der Waals surface area contributed by atoms with Gasteiger partial charge >= 0.3 is 0 Å². The number of nitrogens with zero attached hydrogens (tertiary/aromatic N) is 4. The minimum atomic E-state index is -0.671. The van der Waals surface area contributed by atoms with Gasteiger partial charge in [-0.05, 0) is 31.2 Å². The average Bonchev–Trinajstić information content (AvgIpc) is 3.09. The Bertz CT molecular complexity index is 1300. The third kappa shape index (κ3) is 3.74. The van der Waals surface area contributed by atoms with Crippen molar-refractivity contribution in [2.24, 2.45) is 0 Å². The summed E-state index contributed by atoms with van der Waals surface area (Å²) < 4.78 is 17.1. The van der Waals surface area contributed by atoms with Gasteiger partial charge in [-0.25, -0.2) is 14.1 Å². The fourth-order valence-electron chi connectivity index (χ4n) is 2.93. The molecule has 4 aromatic rings. The standard InChI is InChI=1S/C20H15ClFN5O2/c1-12-8-17(28)19(25-27(12)16-5-3-2-4-15(16)22)20(29)23-9-14-11-26-10-13(21)6-7-18(26)24-14/h2-8,10-11H,9H2,1H3,(H,23,29). The second-order valence-electron chi connectivity index (χ2n) is 6.39. The minimum Gasteiger partial charge on any atom is -0.345 e. The maximum Gasteiger partial charge on any atom is 0.276 e. The summed E-state index contributed by atoms with van der Waals surface area (Å²) in [6.45, 7) is 1.71. The number of aromatic nitrogens is 4. The zero-order valence-corrected chi connectivity index (χ0v) is 16.0. The van der Waals surface area contributed by atoms with E-state index in [2.05, 4.69) is 15.4 Å². The number of hydrogen-bond donors (Lipinski definition) is 1. The van der Waals surface area contributed by atoms with Crippen molar-refractivity contribution in [3.63, 3.8) is 0 Å². The maximum absolute atomic E-state index is 14.1. The largest absolute Gasteiger partial charge is 0.345 e. The van der Waals surface area contributed by atoms with Crippen LogP contribution >= 0.6 is 11.6 Å². The van der Waals surface area contributed by atoms with Gasteiger partial charge in [0.1, 0.15) is 17.2 Å². The Kier molecular flexibility index (Phi) is 4.85. The number of hydrogen-bond acceptors (Lipinski definition) is 4. The maximum atomic E-state index is 14.1. The molecule has 146 valence electrons. The summed E-state index contributed by atoms with van der Waals surface area (Å²) >= 11 is 5.95. The summed E-state index contributed by atoms with van der Waals surface area (Å²) in [6, 6.07) is 10.7. The molecule has 0 aliphatic rings. The predicted octanol–water partition coefficient (Wildman–Crippen LogP) is 2.91. The first-order chi connectivity index (χ1) is 13.9. The molecule has 0 fully saturated rings. The van der Waals surface area contributed by atoms with E-state index in [1.54, 1.807) is 48.0 Å². The summed E-state index contributed by atoms with van der Waals surface area (Å²) in [5.74, 6) is -1.18. The number of halogens is 2. The number of fused-ring (bicyclic) bond motifs is 1. The second kappa shape index (κ2) is 7.48. The number of carbonyl (C=O) groups excluding carboxylic acids is 1. The molecular formula is C20H15ClFN5O2. The van der Waals surface area contributed by atoms with E-state index < -0.39 is 17.2 Å². The van der Waals surface area contributed by atoms with Gasteiger partial charge in [0, 0.05) is 24.2 Å². The molecule has 29 heavy (non-hydrogen) atoms. The predicted molar refractivity (Wildman–Crippen MR) is 106 cm³/mol. The van der Waals surface area contributed by atoms with Crippen molar-refractivity contribution in [3.05, 3.63) is 93.0 Å². The van der Waals surface area contributed by atoms with Crippen molar-refractivity contribution in [1.82, 2.24) is 24.5 Å². The quantitative estimate of drug-likeness (QED) is 0.560. The molecule has 0 bridgehead atoms. The SMILES string of the molecule is Cc1cc(=O)c(C(=O)NCc2cn3cc(Cl)ccc3n2)nn1-c1ccccc1F. The summed E-state index contributed by atoms with van der Waals surface area (Å²) in [5, 5.41) is 7.26. The van der Waals surface area contributed by atoms with Gasteiger partial charge in [0.05, 0.1) is 17.3 Å². The normalized spacial score (nSPS) is 11.0. The lowest BCUT2D eigenvalue weighted by atomic mass is 10.2. The number of nitrogens with one attached hydrogen (secondary N) is 1. The lowest BCUT2D eigenvalue weighted by Gasteiger charge is -2.11. The molecule has 3 aromatic heterocycles. The fourth-order valence-corrected chi connectivity index (χ4v) is 3.10. The molecule has 0 spiro atoms. The van der Waals surface area contributed by atoms with Gasteiger partial charge in [-0.2, -0.15) is 5.10 Å². The second-order valence-corrected chi connectivity index (χ2v) is 6.83. The minimum absolute atomic E-state index is 0.0901. The highest BCUT2D eigenvalue weighted by atomic mass is 35.5. The van der Waals surface area contributed by atoms with Crippen molar-refractivity contribution < 1.29 is 9.18 Å². The monoisotopic (exact) mass is 411 g/mol. The van der Waals surface area contributed by atoms with Crippen LogP contribution in [0.1, 0.15) is 21.9 Å². The van der Waals surface area contributed by atoms with Crippen molar-refractivity contribution in [2.45, 2.75) is 13.5 Å². The van der Waals surface area contributed by atoms with Crippen LogP contribution in [0.15, 0.2) is 59.7 Å². The molecule has 0 unspecified atom stereocenters. The van der Waals surface area contributed by atoms with Crippen LogP contribution in [0.2, 0.25) is 5.02 Å². The first kappa shape index (κ1) is 18.8. The van der Waals surface area contributed by atoms with E-state index >= 15 is 0 Å². The van der Waals surface area contributed by atoms with Gasteiger partial charge in [-0.15, -0.1) is 0 Å². The molecular weight excluding hydrogens is 397 g/mol. The molecule has 7 nitrogen and oxygen atoms in total. The molecule has 9 heteroatoms. The van der Waals surface area contributed by atoms with E-state index in [4.69, 9.17) is 11.6 Å². The molecule has 3 heterocycles. The topological polar surface area (TPSA) is 81.3 Å². The number of imidazole rings is 1. The zero-order valence-electron chi connectivity index (χ0n) is 15.3. The van der Waals surface area contributed by atoms with E-state index in [0.29, 0.717) is 22.1 Å². The zero-order chi connectivity index (χ0) is 20.5. The first-order valence-corrected chi connectivity index (χ1v) is 9.07. The highest BCUT2D eigenvalue weighted by molar-refractivity contribution is 6.30. The van der Waals surface area contributed by atoms with Crippen molar-refractivity contribution in [3.8, 4) is 5.69 Å². The Morgan fingerprint density at radius 3 is 2.79 bits per heavy atom. The van der Waals surface area contributed by atoms with Gasteiger partial charge in [0.25, 0.3) is 5.91 Å². The Morgan fingerprint density at radius 2 is 2.00 bits per heavy atom. The molecule has 1 aromatic carbocycles. The number of amides is 1. The molecule has 1 amide bonds. The smallest absolute Gasteiger partial charge is 0.276 e. The highest BCUT2D eigenvalue weighted by Gasteiger charge is 2.17. The number of carbonyl (C=O) groups is 1. The molecule has 1 N–H and O–H groups in total. The molecule has 0 saturated carbocycles. The molecule has 0 aliphatic carbocycles. The van der Waals surface area contributed by atoms with Crippen molar-refractivity contribution >= 4 is 23.2 Å². The molecule has 0 aliphatic heterocycles. The molecule has 0 saturated heterocycles. The van der Waals surface area contributed by atoms with E-state index in [1.165, 1.54) is 22.9 Å². The van der Waals surface area contributed by atoms with Gasteiger partial charge in [-0.1, -0.05) is 23.7 Å². The average molecular weight is 412 g/mol. The van der Waals surface area contributed by atoms with Gasteiger partial charge in [0.15, 0.2) is 5.69 Å². The van der Waals surface area contributed by atoms with Gasteiger partial charge < -0.3 is 9.72 Å². The number of rotatable bonds is 4. The highest BCUT2D eigenvalue weighted by Crippen LogP contribution is 2.14. The van der Waals surface area contributed by atoms with Crippen molar-refractivity contribution in [1.29, 1.82) is 0 Å². The van der Waals surface area contributed by atoms with E-state index in [1.807, 2.05) is 0 Å². The van der Waals surface area contributed by atoms with Gasteiger partial charge in [0.2, 0.25) is 5.43 Å². The van der Waals surface area contributed by atoms with E-state index in [0.717, 1.165) is 0 Å². The van der Waals surface area contributed by atoms with Crippen LogP contribution in [0.4, 0.5) is 4.39 Å². The van der Waals surface area contributed by atoms with Crippen LogP contribution in [-0.4, -0.2) is 25.1 Å². The Balaban J connectivity index is 1.60. The summed E-state index contributed by atoms with van der Waals surface area (Å²) in [4.78, 5) is 29.2. The summed E-state index contributed by atoms with van der Waals surface area (Å²) in [7, 11) is 0.